The number of aliphatic hydroxyl groups is 2. The van der Waals surface area contributed by atoms with Crippen LogP contribution in [0.25, 0.3) is 0 Å². The minimum Gasteiger partial charge on any atom is -0.854 e. The molecule has 1 radical (unpaired) electrons. The summed E-state index contributed by atoms with van der Waals surface area (Å²) in [5.74, 6) is -9.03. The second-order valence-electron chi connectivity index (χ2n) is 16.7. The van der Waals surface area contributed by atoms with E-state index in [1.807, 2.05) is 14.1 Å². The van der Waals surface area contributed by atoms with E-state index in [2.05, 4.69) is 0 Å². The summed E-state index contributed by atoms with van der Waals surface area (Å²) < 4.78 is 0. The molecular formula is C66H64Co2Dy2N2O20-. The molecular weight excluding hydrogens is 1580 g/mol. The van der Waals surface area contributed by atoms with Crippen LogP contribution in [0.3, 0.4) is 0 Å². The van der Waals surface area contributed by atoms with Gasteiger partial charge in [0.2, 0.25) is 0 Å². The first-order valence-electron chi connectivity index (χ1n) is 25.9. The molecule has 0 bridgehead atoms. The molecule has 26 heteroatoms. The summed E-state index contributed by atoms with van der Waals surface area (Å²) in [6.07, 6.45) is 0. The number of aliphatic hydroxyl groups excluding tert-OH is 2. The van der Waals surface area contributed by atoms with Gasteiger partial charge >= 0.3 is 71.7 Å². The molecule has 0 saturated carbocycles. The maximum atomic E-state index is 10.1. The summed E-state index contributed by atoms with van der Waals surface area (Å²) in [4.78, 5) is 84.3. The monoisotopic (exact) mass is 1650 g/mol. The molecule has 92 heavy (non-hydrogen) atoms. The molecule has 0 aliphatic heterocycles. The van der Waals surface area contributed by atoms with Crippen LogP contribution in [0.4, 0.5) is 0 Å². The van der Waals surface area contributed by atoms with Crippen LogP contribution in [-0.2, 0) is 33.6 Å². The van der Waals surface area contributed by atoms with E-state index >= 15 is 0 Å². The van der Waals surface area contributed by atoms with Gasteiger partial charge in [-0.05, 0) is 71.7 Å². The Balaban J connectivity index is -0.000000222. The molecule has 0 heterocycles. The Morgan fingerprint density at radius 2 is 0.380 bits per heavy atom. The fourth-order valence-electron chi connectivity index (χ4n) is 5.47. The van der Waals surface area contributed by atoms with Gasteiger partial charge in [0.05, 0.1) is 61.0 Å². The van der Waals surface area contributed by atoms with Crippen LogP contribution < -0.4 is 51.1 Å². The molecule has 8 rings (SSSR count). The van der Waals surface area contributed by atoms with Crippen LogP contribution in [0.15, 0.2) is 243 Å². The van der Waals surface area contributed by atoms with Gasteiger partial charge in [-0.15, -0.1) is 13.2 Å². The first kappa shape index (κ1) is 95.9. The molecule has 8 aromatic rings. The van der Waals surface area contributed by atoms with Crippen LogP contribution in [0.1, 0.15) is 82.9 Å². The van der Waals surface area contributed by atoms with Gasteiger partial charge in [0, 0.05) is 51.3 Å². The summed E-state index contributed by atoms with van der Waals surface area (Å²) in [7, 11) is 3.63. The van der Waals surface area contributed by atoms with Gasteiger partial charge in [-0.1, -0.05) is 243 Å². The Kier molecular flexibility index (Phi) is 66.7. The Bertz CT molecular complexity index is 2500. The van der Waals surface area contributed by atoms with E-state index in [-0.39, 0.29) is 181 Å². The van der Waals surface area contributed by atoms with Gasteiger partial charge < -0.3 is 109 Å². The van der Waals surface area contributed by atoms with Crippen molar-refractivity contribution in [3.05, 3.63) is 287 Å². The minimum atomic E-state index is -1.13. The Morgan fingerprint density at radius 3 is 0.446 bits per heavy atom. The third-order valence-electron chi connectivity index (χ3n) is 9.99. The number of carboxylic acid groups (broad SMARTS) is 8. The van der Waals surface area contributed by atoms with Crippen molar-refractivity contribution in [3.63, 3.8) is 0 Å². The first-order valence-corrected chi connectivity index (χ1v) is 25.9. The fraction of sp³-hybridized carbons (Fsp3) is 0.152. The molecule has 0 fully saturated rings. The van der Waals surface area contributed by atoms with Crippen molar-refractivity contribution in [2.24, 2.45) is 0 Å². The predicted octanol–water partition coefficient (Wildman–Crippen LogP) is -3.06. The summed E-state index contributed by atoms with van der Waals surface area (Å²) in [5, 5.41) is 117. The molecule has 0 aliphatic rings. The van der Waals surface area contributed by atoms with Crippen molar-refractivity contribution in [2.75, 3.05) is 66.7 Å². The van der Waals surface area contributed by atoms with E-state index in [9.17, 15) is 89.4 Å². The van der Waals surface area contributed by atoms with Gasteiger partial charge in [-0.2, -0.15) is 0 Å². The molecule has 497 valence electrons. The second kappa shape index (κ2) is 64.0. The number of carbonyl (C=O) groups is 8. The summed E-state index contributed by atoms with van der Waals surface area (Å²) in [6.45, 7) is 2.35. The van der Waals surface area contributed by atoms with Crippen molar-refractivity contribution in [1.29, 1.82) is 0 Å². The van der Waals surface area contributed by atoms with E-state index in [0.717, 1.165) is 0 Å². The van der Waals surface area contributed by atoms with Gasteiger partial charge in [-0.25, -0.2) is 0 Å². The Hall–Kier alpha value is -7.16. The Labute approximate surface area is 614 Å². The zero-order valence-corrected chi connectivity index (χ0v) is 55.3. The van der Waals surface area contributed by atoms with E-state index in [1.165, 1.54) is 97.1 Å². The number of hydrogen-bond acceptors (Lipinski definition) is 22. The van der Waals surface area contributed by atoms with Crippen LogP contribution >= 0.6 is 0 Å². The number of benzene rings is 8. The Morgan fingerprint density at radius 1 is 0.272 bits per heavy atom. The van der Waals surface area contributed by atoms with Crippen molar-refractivity contribution in [2.45, 2.75) is 0 Å². The van der Waals surface area contributed by atoms with Crippen molar-refractivity contribution >= 4 is 47.8 Å². The van der Waals surface area contributed by atoms with Crippen LogP contribution in [0.5, 0.6) is 0 Å². The van der Waals surface area contributed by atoms with E-state index in [1.54, 1.807) is 155 Å². The molecule has 0 saturated heterocycles. The first-order chi connectivity index (χ1) is 42.1. The third kappa shape index (κ3) is 54.6. The number of carboxylic acids is 8. The largest absolute Gasteiger partial charge is 3.00 e. The average Bonchev–Trinajstić information content (AvgIpc) is 3.66. The summed E-state index contributed by atoms with van der Waals surface area (Å²) >= 11 is 0. The minimum absolute atomic E-state index is 0. The third-order valence-corrected chi connectivity index (χ3v) is 9.99. The van der Waals surface area contributed by atoms with Crippen LogP contribution in [0.2, 0.25) is 0 Å². The smallest absolute Gasteiger partial charge is 0.854 e. The molecule has 0 unspecified atom stereocenters. The molecule has 0 aromatic heterocycles. The SMILES string of the molecule is CN(CC[O-])CCO.CN(CC[O-])CCO.O=C([O-])c1ccccc1.O=C([O-])c1ccccc1.O=C([O-])c1ccccc1.O=C([O-])c1ccccc1.O=C([O-])c1ccccc1.O=C([O-])c1ccccc1.O=C([O-])c1ccccc1.O=C([O-])c1ccccc1.[Co+3].[Co+3].[Dy+3].[Dy]. The fourth-order valence-corrected chi connectivity index (χ4v) is 5.47. The summed E-state index contributed by atoms with van der Waals surface area (Å²) in [6, 6.07) is 64.5. The normalized spacial score (nSPS) is 8.78. The maximum Gasteiger partial charge on any atom is 3.00 e. The number of rotatable bonds is 16. The average molecular weight is 1650 g/mol. The van der Waals surface area contributed by atoms with E-state index < -0.39 is 47.8 Å². The molecule has 0 atom stereocenters. The molecule has 0 aliphatic carbocycles. The van der Waals surface area contributed by atoms with Crippen LogP contribution in [-0.4, -0.2) is 134 Å². The quantitative estimate of drug-likeness (QED) is 0.0970. The number of hydrogen-bond donors (Lipinski definition) is 2. The van der Waals surface area contributed by atoms with Crippen molar-refractivity contribution in [3.8, 4) is 0 Å². The maximum absolute atomic E-state index is 10.1. The number of aromatic carboxylic acids is 8. The number of nitrogens with zero attached hydrogens (tertiary/aromatic N) is 2. The topological polar surface area (TPSA) is 414 Å². The molecule has 0 spiro atoms. The van der Waals surface area contributed by atoms with Gasteiger partial charge in [-0.3, -0.25) is 0 Å². The molecule has 2 N–H and O–H groups in total. The predicted molar refractivity (Wildman–Crippen MR) is 305 cm³/mol. The number of likely N-dealkylation sites (N-methyl/N-ethyl adjacent to an activating group) is 2. The molecule has 0 amide bonds. The van der Waals surface area contributed by atoms with Crippen molar-refractivity contribution in [1.82, 2.24) is 9.80 Å². The molecule has 8 aromatic carbocycles. The zero-order valence-electron chi connectivity index (χ0n) is 49.2. The van der Waals surface area contributed by atoms with E-state index in [4.69, 9.17) is 10.2 Å². The van der Waals surface area contributed by atoms with Crippen molar-refractivity contribution < 1.29 is 210 Å². The zero-order chi connectivity index (χ0) is 66.3. The van der Waals surface area contributed by atoms with E-state index in [0.29, 0.717) is 26.2 Å². The van der Waals surface area contributed by atoms with Gasteiger partial charge in [0.15, 0.2) is 0 Å². The molecule has 22 nitrogen and oxygen atoms in total. The van der Waals surface area contributed by atoms with Crippen LogP contribution in [0, 0.1) is 76.3 Å². The second-order valence-corrected chi connectivity index (χ2v) is 16.7. The van der Waals surface area contributed by atoms with Gasteiger partial charge in [0.1, 0.15) is 0 Å². The number of carbonyl (C=O) groups excluding carboxylic acids is 8. The van der Waals surface area contributed by atoms with Gasteiger partial charge in [0.25, 0.3) is 0 Å². The summed E-state index contributed by atoms with van der Waals surface area (Å²) in [5.41, 5.74) is 1.76. The standard InChI is InChI=1S/8C7H6O2.2C5H12NO2.2Co.2Dy/c8*8-7(9)6-4-2-1-3-5-6;2*1-6(2-4-7)3-5-8;;;;/h8*1-5H,(H,8,9);2*7H,2-5H2,1H3;;;;/q;;;;;;;;2*-1;2*+3;;+3/p-8.